The minimum atomic E-state index is -0.698. The number of anilines is 1. The molecule has 0 spiro atoms. The van der Waals surface area contributed by atoms with E-state index < -0.39 is 11.8 Å². The number of nitrogens with one attached hydrogen (secondary N) is 1. The van der Waals surface area contributed by atoms with Gasteiger partial charge >= 0.3 is 11.8 Å². The van der Waals surface area contributed by atoms with Crippen molar-refractivity contribution in [2.24, 2.45) is 0 Å². The first-order valence-electron chi connectivity index (χ1n) is 7.80. The number of hydrogen-bond donors (Lipinski definition) is 1. The van der Waals surface area contributed by atoms with Crippen molar-refractivity contribution in [1.29, 1.82) is 0 Å². The maximum absolute atomic E-state index is 12.2. The molecule has 2 aromatic carbocycles. The number of rotatable bonds is 5. The summed E-state index contributed by atoms with van der Waals surface area (Å²) in [6.07, 6.45) is 5.92. The molecular formula is C20H20N2O3. The summed E-state index contributed by atoms with van der Waals surface area (Å²) < 4.78 is 5.29. The highest BCUT2D eigenvalue weighted by molar-refractivity contribution is 6.39. The van der Waals surface area contributed by atoms with Crippen molar-refractivity contribution in [3.8, 4) is 18.1 Å². The summed E-state index contributed by atoms with van der Waals surface area (Å²) in [5, 5.41) is 2.57. The van der Waals surface area contributed by atoms with Gasteiger partial charge in [-0.2, -0.15) is 0 Å². The highest BCUT2D eigenvalue weighted by Crippen LogP contribution is 2.18. The van der Waals surface area contributed by atoms with E-state index >= 15 is 0 Å². The zero-order valence-corrected chi connectivity index (χ0v) is 14.3. The largest absolute Gasteiger partial charge is 0.496 e. The van der Waals surface area contributed by atoms with Crippen LogP contribution in [0.15, 0.2) is 48.5 Å². The first kappa shape index (κ1) is 18.1. The molecule has 2 amide bonds. The molecule has 25 heavy (non-hydrogen) atoms. The number of hydrogen-bond acceptors (Lipinski definition) is 3. The lowest BCUT2D eigenvalue weighted by molar-refractivity contribution is -0.142. The summed E-state index contributed by atoms with van der Waals surface area (Å²) in [7, 11) is 3.20. The number of likely N-dealkylation sites (N-methyl/N-ethyl adjacent to an activating group) is 1. The number of ether oxygens (including phenoxy) is 1. The number of carbonyl (C=O) groups is 2. The highest BCUT2D eigenvalue weighted by Gasteiger charge is 2.19. The van der Waals surface area contributed by atoms with E-state index in [1.807, 2.05) is 24.3 Å². The van der Waals surface area contributed by atoms with Gasteiger partial charge < -0.3 is 15.0 Å². The molecule has 0 saturated carbocycles. The molecule has 0 aromatic heterocycles. The van der Waals surface area contributed by atoms with E-state index in [9.17, 15) is 9.59 Å². The lowest BCUT2D eigenvalue weighted by Gasteiger charge is -2.17. The smallest absolute Gasteiger partial charge is 0.313 e. The molecule has 2 rings (SSSR count). The normalized spacial score (nSPS) is 9.80. The fourth-order valence-electron chi connectivity index (χ4n) is 2.34. The monoisotopic (exact) mass is 336 g/mol. The highest BCUT2D eigenvalue weighted by atomic mass is 16.5. The SMILES string of the molecule is C#Cc1cccc(NC(=O)C(=O)N(C)CCc2ccccc2OC)c1. The van der Waals surface area contributed by atoms with E-state index in [0.717, 1.165) is 11.3 Å². The lowest BCUT2D eigenvalue weighted by Crippen LogP contribution is -2.38. The first-order chi connectivity index (χ1) is 12.0. The predicted molar refractivity (Wildman–Crippen MR) is 97.3 cm³/mol. The molecule has 5 heteroatoms. The van der Waals surface area contributed by atoms with Crippen LogP contribution < -0.4 is 10.1 Å². The summed E-state index contributed by atoms with van der Waals surface area (Å²) in [5.74, 6) is 1.94. The average Bonchev–Trinajstić information content (AvgIpc) is 2.65. The van der Waals surface area contributed by atoms with Gasteiger partial charge in [-0.3, -0.25) is 9.59 Å². The van der Waals surface area contributed by atoms with Crippen molar-refractivity contribution in [3.05, 3.63) is 59.7 Å². The van der Waals surface area contributed by atoms with Gasteiger partial charge in [0.15, 0.2) is 0 Å². The van der Waals surface area contributed by atoms with Crippen LogP contribution in [0.1, 0.15) is 11.1 Å². The summed E-state index contributed by atoms with van der Waals surface area (Å²) >= 11 is 0. The molecule has 0 radical (unpaired) electrons. The van der Waals surface area contributed by atoms with Crippen molar-refractivity contribution in [1.82, 2.24) is 4.90 Å². The van der Waals surface area contributed by atoms with Crippen LogP contribution in [0.4, 0.5) is 5.69 Å². The summed E-state index contributed by atoms with van der Waals surface area (Å²) in [4.78, 5) is 25.7. The summed E-state index contributed by atoms with van der Waals surface area (Å²) in [6, 6.07) is 14.4. The molecule has 0 bridgehead atoms. The van der Waals surface area contributed by atoms with Gasteiger partial charge in [0.25, 0.3) is 0 Å². The quantitative estimate of drug-likeness (QED) is 0.673. The number of para-hydroxylation sites is 1. The zero-order valence-electron chi connectivity index (χ0n) is 14.3. The average molecular weight is 336 g/mol. The molecule has 0 fully saturated rings. The Labute approximate surface area is 147 Å². The van der Waals surface area contributed by atoms with Gasteiger partial charge in [0.1, 0.15) is 5.75 Å². The van der Waals surface area contributed by atoms with E-state index in [2.05, 4.69) is 11.2 Å². The third-order valence-corrected chi connectivity index (χ3v) is 3.74. The maximum Gasteiger partial charge on any atom is 0.313 e. The van der Waals surface area contributed by atoms with Gasteiger partial charge in [0.2, 0.25) is 0 Å². The van der Waals surface area contributed by atoms with Crippen molar-refractivity contribution in [3.63, 3.8) is 0 Å². The topological polar surface area (TPSA) is 58.6 Å². The first-order valence-corrected chi connectivity index (χ1v) is 7.80. The number of carbonyl (C=O) groups excluding carboxylic acids is 2. The second kappa shape index (κ2) is 8.55. The van der Waals surface area contributed by atoms with Gasteiger partial charge in [-0.15, -0.1) is 6.42 Å². The van der Waals surface area contributed by atoms with Crippen molar-refractivity contribution < 1.29 is 14.3 Å². The summed E-state index contributed by atoms with van der Waals surface area (Å²) in [5.41, 5.74) is 2.11. The van der Waals surface area contributed by atoms with E-state index in [1.54, 1.807) is 38.4 Å². The molecule has 2 aromatic rings. The Morgan fingerprint density at radius 3 is 2.68 bits per heavy atom. The van der Waals surface area contributed by atoms with Crippen LogP contribution in [-0.4, -0.2) is 37.4 Å². The number of amides is 2. The van der Waals surface area contributed by atoms with Gasteiger partial charge in [-0.1, -0.05) is 30.2 Å². The van der Waals surface area contributed by atoms with Crippen molar-refractivity contribution in [2.45, 2.75) is 6.42 Å². The molecule has 1 N–H and O–H groups in total. The fraction of sp³-hybridized carbons (Fsp3) is 0.200. The fourth-order valence-corrected chi connectivity index (χ4v) is 2.34. The maximum atomic E-state index is 12.2. The molecule has 0 unspecified atom stereocenters. The molecule has 0 atom stereocenters. The predicted octanol–water partition coefficient (Wildman–Crippen LogP) is 2.32. The van der Waals surface area contributed by atoms with Crippen molar-refractivity contribution >= 4 is 17.5 Å². The van der Waals surface area contributed by atoms with Gasteiger partial charge in [-0.25, -0.2) is 0 Å². The van der Waals surface area contributed by atoms with E-state index in [0.29, 0.717) is 24.2 Å². The Kier molecular flexibility index (Phi) is 6.19. The molecule has 0 aliphatic heterocycles. The van der Waals surface area contributed by atoms with Gasteiger partial charge in [-0.05, 0) is 36.2 Å². The Morgan fingerprint density at radius 1 is 1.20 bits per heavy atom. The number of methoxy groups -OCH3 is 1. The van der Waals surface area contributed by atoms with Crippen LogP contribution in [0.5, 0.6) is 5.75 Å². The third kappa shape index (κ3) is 4.85. The minimum absolute atomic E-state index is 0.400. The van der Waals surface area contributed by atoms with Crippen LogP contribution in [0.2, 0.25) is 0 Å². The molecular weight excluding hydrogens is 316 g/mol. The molecule has 5 nitrogen and oxygen atoms in total. The second-order valence-corrected chi connectivity index (χ2v) is 5.47. The van der Waals surface area contributed by atoms with E-state index in [4.69, 9.17) is 11.2 Å². The Morgan fingerprint density at radius 2 is 1.96 bits per heavy atom. The molecule has 0 heterocycles. The van der Waals surface area contributed by atoms with Gasteiger partial charge in [0, 0.05) is 24.8 Å². The van der Waals surface area contributed by atoms with Crippen LogP contribution in [-0.2, 0) is 16.0 Å². The Hall–Kier alpha value is -3.26. The molecule has 0 aliphatic rings. The van der Waals surface area contributed by atoms with Crippen LogP contribution in [0, 0.1) is 12.3 Å². The van der Waals surface area contributed by atoms with Crippen LogP contribution >= 0.6 is 0 Å². The number of terminal acetylenes is 1. The van der Waals surface area contributed by atoms with E-state index in [1.165, 1.54) is 4.90 Å². The minimum Gasteiger partial charge on any atom is -0.496 e. The van der Waals surface area contributed by atoms with Crippen LogP contribution in [0.25, 0.3) is 0 Å². The van der Waals surface area contributed by atoms with E-state index in [-0.39, 0.29) is 0 Å². The standard InChI is InChI=1S/C20H20N2O3/c1-4-15-8-7-10-17(14-15)21-19(23)20(24)22(2)13-12-16-9-5-6-11-18(16)25-3/h1,5-11,14H,12-13H2,2-3H3,(H,21,23). The zero-order chi connectivity index (χ0) is 18.2. The Bertz CT molecular complexity index is 809. The molecule has 0 saturated heterocycles. The second-order valence-electron chi connectivity index (χ2n) is 5.47. The molecule has 128 valence electrons. The van der Waals surface area contributed by atoms with Crippen molar-refractivity contribution in [2.75, 3.05) is 26.0 Å². The van der Waals surface area contributed by atoms with Crippen LogP contribution in [0.3, 0.4) is 0 Å². The number of benzene rings is 2. The summed E-state index contributed by atoms with van der Waals surface area (Å²) in [6.45, 7) is 0.400. The Balaban J connectivity index is 1.94. The lowest BCUT2D eigenvalue weighted by atomic mass is 10.1. The number of nitrogens with zero attached hydrogens (tertiary/aromatic N) is 1. The van der Waals surface area contributed by atoms with Gasteiger partial charge in [0.05, 0.1) is 7.11 Å². The third-order valence-electron chi connectivity index (χ3n) is 3.74. The molecule has 0 aliphatic carbocycles.